The van der Waals surface area contributed by atoms with Gasteiger partial charge in [0, 0.05) is 24.7 Å². The van der Waals surface area contributed by atoms with Crippen LogP contribution in [0.3, 0.4) is 0 Å². The molecule has 2 unspecified atom stereocenters. The summed E-state index contributed by atoms with van der Waals surface area (Å²) in [5, 5.41) is 0. The maximum Gasteiger partial charge on any atom is 0.0644 e. The molecule has 2 atom stereocenters. The van der Waals surface area contributed by atoms with Crippen LogP contribution in [0.1, 0.15) is 59.3 Å². The second kappa shape index (κ2) is 5.48. The summed E-state index contributed by atoms with van der Waals surface area (Å²) in [4.78, 5) is 2.71. The van der Waals surface area contributed by atoms with Gasteiger partial charge < -0.3 is 10.5 Å². The molecule has 0 aromatic rings. The molecular formula is C15H30N2O. The van der Waals surface area contributed by atoms with Crippen molar-refractivity contribution in [3.63, 3.8) is 0 Å². The van der Waals surface area contributed by atoms with E-state index in [0.29, 0.717) is 6.04 Å². The van der Waals surface area contributed by atoms with Crippen LogP contribution in [-0.4, -0.2) is 41.8 Å². The van der Waals surface area contributed by atoms with Crippen molar-refractivity contribution in [1.29, 1.82) is 0 Å². The molecule has 18 heavy (non-hydrogen) atoms. The summed E-state index contributed by atoms with van der Waals surface area (Å²) >= 11 is 0. The lowest BCUT2D eigenvalue weighted by molar-refractivity contribution is -0.124. The third-order valence-electron chi connectivity index (χ3n) is 4.86. The third-order valence-corrected chi connectivity index (χ3v) is 4.86. The van der Waals surface area contributed by atoms with Crippen LogP contribution < -0.4 is 5.73 Å². The second-order valence-electron chi connectivity index (χ2n) is 6.86. The summed E-state index contributed by atoms with van der Waals surface area (Å²) < 4.78 is 5.90. The van der Waals surface area contributed by atoms with E-state index in [9.17, 15) is 0 Å². The van der Waals surface area contributed by atoms with E-state index in [1.165, 1.54) is 32.2 Å². The van der Waals surface area contributed by atoms with Gasteiger partial charge in [-0.25, -0.2) is 0 Å². The fourth-order valence-electron chi connectivity index (χ4n) is 3.97. The number of hydrogen-bond acceptors (Lipinski definition) is 3. The number of rotatable bonds is 2. The van der Waals surface area contributed by atoms with Crippen LogP contribution >= 0.6 is 0 Å². The minimum absolute atomic E-state index is 0.0242. The molecule has 0 spiro atoms. The van der Waals surface area contributed by atoms with E-state index in [-0.39, 0.29) is 11.1 Å². The first-order valence-electron chi connectivity index (χ1n) is 7.60. The fourth-order valence-corrected chi connectivity index (χ4v) is 3.97. The van der Waals surface area contributed by atoms with E-state index in [1.807, 2.05) is 0 Å². The Morgan fingerprint density at radius 1 is 1.28 bits per heavy atom. The van der Waals surface area contributed by atoms with Crippen molar-refractivity contribution in [3.05, 3.63) is 0 Å². The molecule has 2 aliphatic rings. The molecule has 0 amide bonds. The van der Waals surface area contributed by atoms with Crippen molar-refractivity contribution in [3.8, 4) is 0 Å². The van der Waals surface area contributed by atoms with Crippen LogP contribution in [0.25, 0.3) is 0 Å². The van der Waals surface area contributed by atoms with Crippen molar-refractivity contribution in [2.24, 2.45) is 5.73 Å². The Balaban J connectivity index is 2.19. The molecule has 2 aliphatic heterocycles. The van der Waals surface area contributed by atoms with Gasteiger partial charge in [-0.1, -0.05) is 12.8 Å². The highest BCUT2D eigenvalue weighted by Crippen LogP contribution is 2.38. The van der Waals surface area contributed by atoms with E-state index in [1.54, 1.807) is 0 Å². The van der Waals surface area contributed by atoms with E-state index in [4.69, 9.17) is 10.5 Å². The molecular weight excluding hydrogens is 224 g/mol. The standard InChI is InChI=1S/C15H30N2O/c1-13-7-5-4-6-9-17(13)15(12-16)8-10-18-14(2,3)11-15/h13H,4-12,16H2,1-3H3. The Kier molecular flexibility index (Phi) is 4.35. The minimum atomic E-state index is -0.0242. The number of hydrogen-bond donors (Lipinski definition) is 1. The Morgan fingerprint density at radius 3 is 2.72 bits per heavy atom. The lowest BCUT2D eigenvalue weighted by Crippen LogP contribution is -2.62. The molecule has 2 N–H and O–H groups in total. The highest BCUT2D eigenvalue weighted by Gasteiger charge is 2.45. The van der Waals surface area contributed by atoms with E-state index < -0.39 is 0 Å². The van der Waals surface area contributed by atoms with E-state index >= 15 is 0 Å². The van der Waals surface area contributed by atoms with Gasteiger partial charge in [-0.3, -0.25) is 4.90 Å². The Labute approximate surface area is 112 Å². The van der Waals surface area contributed by atoms with Crippen molar-refractivity contribution < 1.29 is 4.74 Å². The predicted octanol–water partition coefficient (Wildman–Crippen LogP) is 2.54. The van der Waals surface area contributed by atoms with Crippen molar-refractivity contribution in [2.45, 2.75) is 76.5 Å². The zero-order valence-corrected chi connectivity index (χ0v) is 12.4. The van der Waals surface area contributed by atoms with Crippen LogP contribution in [0, 0.1) is 0 Å². The molecule has 3 nitrogen and oxygen atoms in total. The van der Waals surface area contributed by atoms with Crippen LogP contribution in [0.15, 0.2) is 0 Å². The lowest BCUT2D eigenvalue weighted by Gasteiger charge is -2.52. The first-order chi connectivity index (χ1) is 8.49. The quantitative estimate of drug-likeness (QED) is 0.823. The van der Waals surface area contributed by atoms with E-state index in [2.05, 4.69) is 25.7 Å². The molecule has 0 radical (unpaired) electrons. The van der Waals surface area contributed by atoms with Crippen molar-refractivity contribution >= 4 is 0 Å². The van der Waals surface area contributed by atoms with Gasteiger partial charge in [0.1, 0.15) is 0 Å². The molecule has 0 bridgehead atoms. The molecule has 2 rings (SSSR count). The average molecular weight is 254 g/mol. The highest BCUT2D eigenvalue weighted by molar-refractivity contribution is 5.01. The van der Waals surface area contributed by atoms with Gasteiger partial charge in [-0.05, 0) is 53.0 Å². The number of likely N-dealkylation sites (tertiary alicyclic amines) is 1. The molecule has 0 aromatic heterocycles. The van der Waals surface area contributed by atoms with Gasteiger partial charge in [-0.15, -0.1) is 0 Å². The van der Waals surface area contributed by atoms with Gasteiger partial charge in [0.05, 0.1) is 5.60 Å². The van der Waals surface area contributed by atoms with Gasteiger partial charge in [0.2, 0.25) is 0 Å². The largest absolute Gasteiger partial charge is 0.375 e. The highest BCUT2D eigenvalue weighted by atomic mass is 16.5. The SMILES string of the molecule is CC1CCCCCN1C1(CN)CCOC(C)(C)C1. The molecule has 2 heterocycles. The number of nitrogens with zero attached hydrogens (tertiary/aromatic N) is 1. The number of nitrogens with two attached hydrogens (primary N) is 1. The van der Waals surface area contributed by atoms with Crippen LogP contribution in [-0.2, 0) is 4.74 Å². The Hall–Kier alpha value is -0.120. The molecule has 0 aromatic carbocycles. The third kappa shape index (κ3) is 2.89. The Morgan fingerprint density at radius 2 is 2.06 bits per heavy atom. The number of ether oxygens (including phenoxy) is 1. The molecule has 3 heteroatoms. The molecule has 0 aliphatic carbocycles. The molecule has 2 fully saturated rings. The van der Waals surface area contributed by atoms with E-state index in [0.717, 1.165) is 26.0 Å². The molecule has 0 saturated carbocycles. The summed E-state index contributed by atoms with van der Waals surface area (Å²) in [6, 6.07) is 0.671. The second-order valence-corrected chi connectivity index (χ2v) is 6.86. The minimum Gasteiger partial charge on any atom is -0.375 e. The monoisotopic (exact) mass is 254 g/mol. The molecule has 2 saturated heterocycles. The fraction of sp³-hybridized carbons (Fsp3) is 1.00. The smallest absolute Gasteiger partial charge is 0.0644 e. The summed E-state index contributed by atoms with van der Waals surface area (Å²) in [5.41, 5.74) is 6.35. The van der Waals surface area contributed by atoms with Gasteiger partial charge in [0.15, 0.2) is 0 Å². The maximum absolute atomic E-state index is 6.21. The zero-order chi connectivity index (χ0) is 13.2. The summed E-state index contributed by atoms with van der Waals surface area (Å²) in [5.74, 6) is 0. The maximum atomic E-state index is 6.21. The summed E-state index contributed by atoms with van der Waals surface area (Å²) in [6.45, 7) is 9.63. The zero-order valence-electron chi connectivity index (χ0n) is 12.4. The molecule has 106 valence electrons. The van der Waals surface area contributed by atoms with Crippen molar-refractivity contribution in [1.82, 2.24) is 4.90 Å². The van der Waals surface area contributed by atoms with Gasteiger partial charge >= 0.3 is 0 Å². The first kappa shape index (κ1) is 14.3. The van der Waals surface area contributed by atoms with Gasteiger partial charge in [0.25, 0.3) is 0 Å². The Bertz CT molecular complexity index is 280. The van der Waals surface area contributed by atoms with Gasteiger partial charge in [-0.2, -0.15) is 0 Å². The van der Waals surface area contributed by atoms with Crippen molar-refractivity contribution in [2.75, 3.05) is 19.7 Å². The normalized spacial score (nSPS) is 38.3. The van der Waals surface area contributed by atoms with Crippen LogP contribution in [0.4, 0.5) is 0 Å². The van der Waals surface area contributed by atoms with Crippen LogP contribution in [0.5, 0.6) is 0 Å². The average Bonchev–Trinajstić information content (AvgIpc) is 2.52. The summed E-state index contributed by atoms with van der Waals surface area (Å²) in [7, 11) is 0. The topological polar surface area (TPSA) is 38.5 Å². The summed E-state index contributed by atoms with van der Waals surface area (Å²) in [6.07, 6.45) is 7.56. The van der Waals surface area contributed by atoms with Crippen LogP contribution in [0.2, 0.25) is 0 Å². The first-order valence-corrected chi connectivity index (χ1v) is 7.60. The lowest BCUT2D eigenvalue weighted by atomic mass is 9.79. The predicted molar refractivity (Wildman–Crippen MR) is 75.7 cm³/mol.